The summed E-state index contributed by atoms with van der Waals surface area (Å²) in [6.45, 7) is 4.44. The average Bonchev–Trinajstić information content (AvgIpc) is 3.20. The van der Waals surface area contributed by atoms with Gasteiger partial charge in [-0.2, -0.15) is 23.3 Å². The van der Waals surface area contributed by atoms with Crippen LogP contribution in [0.15, 0.2) is 30.7 Å². The molecule has 33 heavy (non-hydrogen) atoms. The van der Waals surface area contributed by atoms with Crippen LogP contribution in [0.25, 0.3) is 0 Å². The number of anilines is 3. The van der Waals surface area contributed by atoms with Gasteiger partial charge in [0, 0.05) is 31.5 Å². The van der Waals surface area contributed by atoms with E-state index in [4.69, 9.17) is 0 Å². The van der Waals surface area contributed by atoms with Crippen LogP contribution in [0.4, 0.5) is 30.6 Å². The maximum absolute atomic E-state index is 12.7. The van der Waals surface area contributed by atoms with Gasteiger partial charge in [0.05, 0.1) is 18.4 Å². The summed E-state index contributed by atoms with van der Waals surface area (Å²) in [7, 11) is 1.84. The van der Waals surface area contributed by atoms with Crippen LogP contribution in [0.5, 0.6) is 0 Å². The number of halogens is 3. The third-order valence-electron chi connectivity index (χ3n) is 5.41. The lowest BCUT2D eigenvalue weighted by Gasteiger charge is -2.34. The number of amides is 1. The van der Waals surface area contributed by atoms with Gasteiger partial charge in [0.25, 0.3) is 0 Å². The van der Waals surface area contributed by atoms with Crippen molar-refractivity contribution in [2.75, 3.05) is 22.6 Å². The molecule has 0 aliphatic carbocycles. The zero-order valence-electron chi connectivity index (χ0n) is 18.3. The molecule has 9 nitrogen and oxygen atoms in total. The second-order valence-electron chi connectivity index (χ2n) is 7.80. The first kappa shape index (κ1) is 22.5. The maximum Gasteiger partial charge on any atom is 0.433 e. The molecule has 1 amide bonds. The van der Waals surface area contributed by atoms with E-state index < -0.39 is 11.9 Å². The number of carbonyl (C=O) groups excluding carboxylic acids is 1. The number of nitrogens with zero attached hydrogens (tertiary/aromatic N) is 6. The summed E-state index contributed by atoms with van der Waals surface area (Å²) < 4.78 is 39.6. The van der Waals surface area contributed by atoms with Gasteiger partial charge in [0.2, 0.25) is 11.9 Å². The van der Waals surface area contributed by atoms with Crippen LogP contribution in [0.1, 0.15) is 35.9 Å². The second kappa shape index (κ2) is 8.68. The summed E-state index contributed by atoms with van der Waals surface area (Å²) in [5, 5.41) is 10.3. The van der Waals surface area contributed by atoms with E-state index in [2.05, 4.69) is 30.7 Å². The van der Waals surface area contributed by atoms with Crippen molar-refractivity contribution in [1.29, 1.82) is 0 Å². The Morgan fingerprint density at radius 3 is 2.64 bits per heavy atom. The van der Waals surface area contributed by atoms with Crippen LogP contribution in [0.2, 0.25) is 0 Å². The molecule has 0 saturated carbocycles. The Morgan fingerprint density at radius 1 is 1.18 bits per heavy atom. The predicted octanol–water partition coefficient (Wildman–Crippen LogP) is 3.22. The number of fused-ring (bicyclic) bond motifs is 1. The smallest absolute Gasteiger partial charge is 0.350 e. The highest BCUT2D eigenvalue weighted by Gasteiger charge is 2.33. The lowest BCUT2D eigenvalue weighted by atomic mass is 10.1. The molecule has 0 spiro atoms. The number of likely N-dealkylation sites (N-methyl/N-ethyl adjacent to an activating group) is 1. The minimum Gasteiger partial charge on any atom is -0.350 e. The molecule has 3 aromatic rings. The van der Waals surface area contributed by atoms with Gasteiger partial charge in [0.15, 0.2) is 5.82 Å². The lowest BCUT2D eigenvalue weighted by Crippen LogP contribution is -2.46. The molecular formula is C21H23F3N8O. The Morgan fingerprint density at radius 2 is 1.97 bits per heavy atom. The van der Waals surface area contributed by atoms with E-state index in [1.165, 1.54) is 12.3 Å². The predicted molar refractivity (Wildman–Crippen MR) is 116 cm³/mol. The van der Waals surface area contributed by atoms with Gasteiger partial charge in [-0.3, -0.25) is 14.5 Å². The van der Waals surface area contributed by atoms with Crippen LogP contribution < -0.4 is 15.5 Å². The number of alkyl halides is 3. The number of carbonyl (C=O) groups is 1. The highest BCUT2D eigenvalue weighted by Crippen LogP contribution is 2.33. The van der Waals surface area contributed by atoms with Gasteiger partial charge < -0.3 is 15.5 Å². The highest BCUT2D eigenvalue weighted by atomic mass is 19.4. The van der Waals surface area contributed by atoms with E-state index in [-0.39, 0.29) is 11.9 Å². The molecule has 12 heteroatoms. The molecule has 174 valence electrons. The lowest BCUT2D eigenvalue weighted by molar-refractivity contribution is -0.141. The summed E-state index contributed by atoms with van der Waals surface area (Å²) in [4.78, 5) is 26.6. The standard InChI is InChI=1S/C21H23F3N8O/c1-4-15-19(33)29-17-12(2)28-20(30-18(17)31(15)3)26-8-14-9-27-32(11-14)10-13-5-6-16(25-7-13)21(22,23)24/h5-7,9,11,15H,4,8,10H2,1-3H3,(H,29,33)(H,26,28,30). The highest BCUT2D eigenvalue weighted by molar-refractivity contribution is 6.03. The topological polar surface area (TPSA) is 101 Å². The number of aromatic nitrogens is 5. The van der Waals surface area contributed by atoms with Crippen LogP contribution in [-0.2, 0) is 24.1 Å². The Bertz CT molecular complexity index is 1160. The van der Waals surface area contributed by atoms with Crippen molar-refractivity contribution in [3.8, 4) is 0 Å². The first-order valence-electron chi connectivity index (χ1n) is 10.4. The fourth-order valence-electron chi connectivity index (χ4n) is 3.67. The number of hydrogen-bond acceptors (Lipinski definition) is 7. The van der Waals surface area contributed by atoms with Gasteiger partial charge >= 0.3 is 6.18 Å². The minimum atomic E-state index is -4.46. The second-order valence-corrected chi connectivity index (χ2v) is 7.80. The zero-order chi connectivity index (χ0) is 23.8. The van der Waals surface area contributed by atoms with E-state index in [0.717, 1.165) is 11.6 Å². The molecule has 0 aromatic carbocycles. The number of pyridine rings is 1. The van der Waals surface area contributed by atoms with Crippen molar-refractivity contribution >= 4 is 23.4 Å². The van der Waals surface area contributed by atoms with Crippen molar-refractivity contribution < 1.29 is 18.0 Å². The molecule has 1 aliphatic rings. The van der Waals surface area contributed by atoms with Crippen molar-refractivity contribution in [1.82, 2.24) is 24.7 Å². The molecule has 0 fully saturated rings. The first-order valence-corrected chi connectivity index (χ1v) is 10.4. The molecule has 3 aromatic heterocycles. The monoisotopic (exact) mass is 460 g/mol. The third kappa shape index (κ3) is 4.73. The Balaban J connectivity index is 1.42. The maximum atomic E-state index is 12.7. The van der Waals surface area contributed by atoms with E-state index in [1.807, 2.05) is 25.8 Å². The van der Waals surface area contributed by atoms with Crippen molar-refractivity contribution in [2.24, 2.45) is 0 Å². The van der Waals surface area contributed by atoms with E-state index in [1.54, 1.807) is 17.1 Å². The third-order valence-corrected chi connectivity index (χ3v) is 5.41. The number of rotatable bonds is 6. The molecule has 4 rings (SSSR count). The van der Waals surface area contributed by atoms with Gasteiger partial charge in [-0.25, -0.2) is 4.98 Å². The van der Waals surface area contributed by atoms with Crippen molar-refractivity contribution in [3.05, 3.63) is 53.2 Å². The van der Waals surface area contributed by atoms with Gasteiger partial charge in [0.1, 0.15) is 17.4 Å². The normalized spacial score (nSPS) is 15.9. The SMILES string of the molecule is CCC1C(=O)Nc2c(C)nc(NCc3cnn(Cc4ccc(C(F)(F)F)nc4)c3)nc2N1C. The molecule has 0 bridgehead atoms. The van der Waals surface area contributed by atoms with Gasteiger partial charge in [-0.15, -0.1) is 0 Å². The average molecular weight is 460 g/mol. The largest absolute Gasteiger partial charge is 0.433 e. The summed E-state index contributed by atoms with van der Waals surface area (Å²) in [6.07, 6.45) is 0.842. The Labute approximate surface area is 188 Å². The summed E-state index contributed by atoms with van der Waals surface area (Å²) >= 11 is 0. The molecular weight excluding hydrogens is 437 g/mol. The Kier molecular flexibility index (Phi) is 5.91. The number of nitrogens with one attached hydrogen (secondary N) is 2. The Hall–Kier alpha value is -3.70. The van der Waals surface area contributed by atoms with Gasteiger partial charge in [-0.05, 0) is 25.0 Å². The van der Waals surface area contributed by atoms with Crippen LogP contribution in [0.3, 0.4) is 0 Å². The number of aryl methyl sites for hydroxylation is 1. The van der Waals surface area contributed by atoms with E-state index in [9.17, 15) is 18.0 Å². The van der Waals surface area contributed by atoms with Crippen LogP contribution >= 0.6 is 0 Å². The van der Waals surface area contributed by atoms with Crippen molar-refractivity contribution in [3.63, 3.8) is 0 Å². The molecule has 2 N–H and O–H groups in total. The van der Waals surface area contributed by atoms with Crippen molar-refractivity contribution in [2.45, 2.75) is 45.6 Å². The van der Waals surface area contributed by atoms with Crippen LogP contribution in [0, 0.1) is 6.92 Å². The van der Waals surface area contributed by atoms with E-state index >= 15 is 0 Å². The van der Waals surface area contributed by atoms with Crippen LogP contribution in [-0.4, -0.2) is 43.7 Å². The van der Waals surface area contributed by atoms with Gasteiger partial charge in [-0.1, -0.05) is 13.0 Å². The summed E-state index contributed by atoms with van der Waals surface area (Å²) in [5.74, 6) is 1.00. The fraction of sp³-hybridized carbons (Fsp3) is 0.381. The molecule has 0 radical (unpaired) electrons. The minimum absolute atomic E-state index is 0.0735. The molecule has 1 atom stereocenters. The fourth-order valence-corrected chi connectivity index (χ4v) is 3.67. The summed E-state index contributed by atoms with van der Waals surface area (Å²) in [6, 6.07) is 2.05. The van der Waals surface area contributed by atoms with E-state index in [0.29, 0.717) is 48.2 Å². The molecule has 1 unspecified atom stereocenters. The molecule has 0 saturated heterocycles. The first-order chi connectivity index (χ1) is 15.7. The zero-order valence-corrected chi connectivity index (χ0v) is 18.3. The summed E-state index contributed by atoms with van der Waals surface area (Å²) in [5.41, 5.74) is 1.79. The molecule has 4 heterocycles. The number of hydrogen-bond donors (Lipinski definition) is 2. The quantitative estimate of drug-likeness (QED) is 0.583. The molecule has 1 aliphatic heterocycles.